The van der Waals surface area contributed by atoms with Crippen molar-refractivity contribution in [1.29, 1.82) is 0 Å². The minimum Gasteiger partial charge on any atom is -0.351 e. The highest BCUT2D eigenvalue weighted by atomic mass is 32.2. The van der Waals surface area contributed by atoms with E-state index in [1.54, 1.807) is 12.1 Å². The molecule has 0 saturated heterocycles. The number of thioether (sulfide) groups is 1. The summed E-state index contributed by atoms with van der Waals surface area (Å²) in [6, 6.07) is 12.2. The van der Waals surface area contributed by atoms with Crippen LogP contribution in [0.5, 0.6) is 0 Å². The van der Waals surface area contributed by atoms with Gasteiger partial charge in [-0.1, -0.05) is 35.5 Å². The van der Waals surface area contributed by atoms with Gasteiger partial charge in [0.25, 0.3) is 0 Å². The second-order valence-corrected chi connectivity index (χ2v) is 7.23. The molecule has 0 aliphatic carbocycles. The topological polar surface area (TPSA) is 70.7 Å². The largest absolute Gasteiger partial charge is 0.351 e. The van der Waals surface area contributed by atoms with Crippen molar-refractivity contribution in [3.05, 3.63) is 65.7 Å². The molecule has 2 aromatic carbocycles. The first kappa shape index (κ1) is 17.5. The number of carbonyl (C=O) groups is 1. The number of aromatic amines is 1. The Morgan fingerprint density at radius 3 is 2.81 bits per heavy atom. The molecule has 1 amide bonds. The molecule has 0 bridgehead atoms. The molecule has 0 spiro atoms. The van der Waals surface area contributed by atoms with Gasteiger partial charge in [-0.05, 0) is 36.8 Å². The molecular formula is C20H17FN4OS. The van der Waals surface area contributed by atoms with Crippen molar-refractivity contribution in [2.75, 3.05) is 5.75 Å². The smallest absolute Gasteiger partial charge is 0.230 e. The van der Waals surface area contributed by atoms with Gasteiger partial charge in [-0.25, -0.2) is 14.4 Å². The molecule has 2 heterocycles. The van der Waals surface area contributed by atoms with Gasteiger partial charge in [-0.3, -0.25) is 4.79 Å². The molecule has 5 nitrogen and oxygen atoms in total. The highest BCUT2D eigenvalue weighted by Gasteiger charge is 2.12. The molecule has 0 unspecified atom stereocenters. The Morgan fingerprint density at radius 1 is 1.19 bits per heavy atom. The first-order chi connectivity index (χ1) is 13.1. The maximum Gasteiger partial charge on any atom is 0.230 e. The molecular weight excluding hydrogens is 363 g/mol. The van der Waals surface area contributed by atoms with Crippen LogP contribution in [0, 0.1) is 12.7 Å². The number of aromatic nitrogens is 3. The molecule has 136 valence electrons. The summed E-state index contributed by atoms with van der Waals surface area (Å²) < 4.78 is 12.9. The van der Waals surface area contributed by atoms with Crippen LogP contribution >= 0.6 is 11.8 Å². The van der Waals surface area contributed by atoms with Crippen LogP contribution in [-0.2, 0) is 11.3 Å². The number of carbonyl (C=O) groups excluding carboxylic acids is 1. The van der Waals surface area contributed by atoms with E-state index in [1.807, 2.05) is 19.1 Å². The number of benzene rings is 2. The van der Waals surface area contributed by atoms with Gasteiger partial charge in [0, 0.05) is 17.4 Å². The monoisotopic (exact) mass is 380 g/mol. The van der Waals surface area contributed by atoms with Crippen LogP contribution in [0.4, 0.5) is 4.39 Å². The molecule has 0 radical (unpaired) electrons. The maximum absolute atomic E-state index is 12.9. The third-order valence-electron chi connectivity index (χ3n) is 4.25. The molecule has 0 fully saturated rings. The number of nitrogens with one attached hydrogen (secondary N) is 2. The molecule has 4 aromatic rings. The van der Waals surface area contributed by atoms with E-state index in [0.29, 0.717) is 6.54 Å². The van der Waals surface area contributed by atoms with E-state index in [-0.39, 0.29) is 17.5 Å². The fourth-order valence-electron chi connectivity index (χ4n) is 2.88. The lowest BCUT2D eigenvalue weighted by Crippen LogP contribution is -2.24. The molecule has 0 atom stereocenters. The molecule has 0 saturated carbocycles. The van der Waals surface area contributed by atoms with Crippen molar-refractivity contribution in [2.45, 2.75) is 18.5 Å². The fraction of sp³-hybridized carbons (Fsp3) is 0.150. The van der Waals surface area contributed by atoms with Crippen LogP contribution in [-0.4, -0.2) is 26.6 Å². The van der Waals surface area contributed by atoms with Gasteiger partial charge in [0.1, 0.15) is 22.7 Å². The van der Waals surface area contributed by atoms with Crippen molar-refractivity contribution in [2.24, 2.45) is 0 Å². The highest BCUT2D eigenvalue weighted by molar-refractivity contribution is 8.00. The van der Waals surface area contributed by atoms with Gasteiger partial charge in [0.2, 0.25) is 5.91 Å². The maximum atomic E-state index is 12.9. The number of hydrogen-bond donors (Lipinski definition) is 2. The Morgan fingerprint density at radius 2 is 2.00 bits per heavy atom. The molecule has 4 rings (SSSR count). The van der Waals surface area contributed by atoms with E-state index in [4.69, 9.17) is 0 Å². The molecule has 2 N–H and O–H groups in total. The van der Waals surface area contributed by atoms with Gasteiger partial charge in [0.15, 0.2) is 0 Å². The molecule has 0 aliphatic heterocycles. The predicted molar refractivity (Wildman–Crippen MR) is 105 cm³/mol. The number of amides is 1. The van der Waals surface area contributed by atoms with Crippen molar-refractivity contribution >= 4 is 39.6 Å². The zero-order chi connectivity index (χ0) is 18.8. The molecule has 27 heavy (non-hydrogen) atoms. The summed E-state index contributed by atoms with van der Waals surface area (Å²) >= 11 is 1.36. The number of halogens is 1. The SMILES string of the molecule is Cc1ccc2[nH]c3c(SCC(=O)NCc4ccc(F)cc4)ncnc3c2c1. The molecule has 7 heteroatoms. The first-order valence-corrected chi connectivity index (χ1v) is 9.46. The van der Waals surface area contributed by atoms with Crippen LogP contribution in [0.25, 0.3) is 21.9 Å². The van der Waals surface area contributed by atoms with E-state index in [0.717, 1.165) is 38.1 Å². The lowest BCUT2D eigenvalue weighted by Gasteiger charge is -2.05. The third kappa shape index (κ3) is 3.78. The Hall–Kier alpha value is -2.93. The zero-order valence-electron chi connectivity index (χ0n) is 14.6. The van der Waals surface area contributed by atoms with Crippen LogP contribution in [0.1, 0.15) is 11.1 Å². The fourth-order valence-corrected chi connectivity index (χ4v) is 3.66. The summed E-state index contributed by atoms with van der Waals surface area (Å²) in [7, 11) is 0. The average Bonchev–Trinajstić information content (AvgIpc) is 3.04. The van der Waals surface area contributed by atoms with Crippen molar-refractivity contribution in [3.8, 4) is 0 Å². The van der Waals surface area contributed by atoms with Crippen LogP contribution in [0.15, 0.2) is 53.8 Å². The number of nitrogens with zero attached hydrogens (tertiary/aromatic N) is 2. The van der Waals surface area contributed by atoms with Crippen LogP contribution in [0.3, 0.4) is 0 Å². The van der Waals surface area contributed by atoms with Gasteiger partial charge in [0.05, 0.1) is 11.3 Å². The Balaban J connectivity index is 1.46. The molecule has 2 aromatic heterocycles. The summed E-state index contributed by atoms with van der Waals surface area (Å²) in [6.45, 7) is 2.41. The molecule has 0 aliphatic rings. The lowest BCUT2D eigenvalue weighted by molar-refractivity contribution is -0.118. The second kappa shape index (κ2) is 7.36. The van der Waals surface area contributed by atoms with Gasteiger partial charge >= 0.3 is 0 Å². The van der Waals surface area contributed by atoms with E-state index in [9.17, 15) is 9.18 Å². The van der Waals surface area contributed by atoms with Crippen molar-refractivity contribution < 1.29 is 9.18 Å². The Labute approximate surface area is 159 Å². The summed E-state index contributed by atoms with van der Waals surface area (Å²) in [5.41, 5.74) is 4.72. The van der Waals surface area contributed by atoms with Crippen LogP contribution < -0.4 is 5.32 Å². The van der Waals surface area contributed by atoms with Crippen molar-refractivity contribution in [1.82, 2.24) is 20.3 Å². The summed E-state index contributed by atoms with van der Waals surface area (Å²) in [6.07, 6.45) is 1.52. The normalized spacial score (nSPS) is 11.2. The number of hydrogen-bond acceptors (Lipinski definition) is 4. The number of H-pyrrole nitrogens is 1. The highest BCUT2D eigenvalue weighted by Crippen LogP contribution is 2.30. The Bertz CT molecular complexity index is 1120. The van der Waals surface area contributed by atoms with Gasteiger partial charge < -0.3 is 10.3 Å². The van der Waals surface area contributed by atoms with Crippen LogP contribution in [0.2, 0.25) is 0 Å². The average molecular weight is 380 g/mol. The number of rotatable bonds is 5. The van der Waals surface area contributed by atoms with Crippen molar-refractivity contribution in [3.63, 3.8) is 0 Å². The first-order valence-electron chi connectivity index (χ1n) is 8.47. The Kier molecular flexibility index (Phi) is 4.77. The van der Waals surface area contributed by atoms with E-state index in [2.05, 4.69) is 26.3 Å². The summed E-state index contributed by atoms with van der Waals surface area (Å²) in [4.78, 5) is 24.2. The van der Waals surface area contributed by atoms with Gasteiger partial charge in [-0.15, -0.1) is 0 Å². The predicted octanol–water partition coefficient (Wildman–Crippen LogP) is 3.97. The minimum atomic E-state index is -0.290. The van der Waals surface area contributed by atoms with Gasteiger partial charge in [-0.2, -0.15) is 0 Å². The van der Waals surface area contributed by atoms with E-state index < -0.39 is 0 Å². The number of fused-ring (bicyclic) bond motifs is 3. The number of aryl methyl sites for hydroxylation is 1. The standard InChI is InChI=1S/C20H17FN4OS/c1-12-2-7-16-15(8-12)18-19(25-16)20(24-11-23-18)27-10-17(26)22-9-13-3-5-14(21)6-4-13/h2-8,11,25H,9-10H2,1H3,(H,22,26). The summed E-state index contributed by atoms with van der Waals surface area (Å²) in [5, 5.41) is 4.63. The quantitative estimate of drug-likeness (QED) is 0.406. The van der Waals surface area contributed by atoms with E-state index in [1.165, 1.54) is 30.2 Å². The minimum absolute atomic E-state index is 0.108. The summed E-state index contributed by atoms with van der Waals surface area (Å²) in [5.74, 6) is -0.160. The zero-order valence-corrected chi connectivity index (χ0v) is 15.4. The van der Waals surface area contributed by atoms with E-state index >= 15 is 0 Å². The third-order valence-corrected chi connectivity index (χ3v) is 5.23. The second-order valence-electron chi connectivity index (χ2n) is 6.27. The lowest BCUT2D eigenvalue weighted by atomic mass is 10.2.